The molecule has 0 aromatic heterocycles. The van der Waals surface area contributed by atoms with E-state index in [-0.39, 0.29) is 19.6 Å². The Morgan fingerprint density at radius 3 is 2.15 bits per heavy atom. The molecular weight excluding hydrogens is 277 g/mol. The lowest BCUT2D eigenvalue weighted by Crippen LogP contribution is -2.73. The Kier molecular flexibility index (Phi) is 5.81. The van der Waals surface area contributed by atoms with E-state index in [9.17, 15) is 22.0 Å². The second-order valence-electron chi connectivity index (χ2n) is 5.74. The zero-order valence-electron chi connectivity index (χ0n) is 12.3. The molecular formula is C14H25F5N+. The number of likely N-dealkylation sites (tertiary alicyclic amines) is 1. The Hall–Kier alpha value is -0.390. The molecule has 0 aliphatic carbocycles. The molecule has 1 heterocycles. The Bertz CT molecular complexity index is 308. The lowest BCUT2D eigenvalue weighted by Gasteiger charge is -2.49. The average molecular weight is 302 g/mol. The summed E-state index contributed by atoms with van der Waals surface area (Å²) < 4.78 is 67.5. The first-order valence-corrected chi connectivity index (χ1v) is 7.51. The largest absolute Gasteiger partial charge is 0.458 e. The number of rotatable bonds is 7. The van der Waals surface area contributed by atoms with Crippen molar-refractivity contribution < 1.29 is 26.4 Å². The molecule has 120 valence electrons. The first-order valence-electron chi connectivity index (χ1n) is 7.51. The normalized spacial score (nSPS) is 32.2. The van der Waals surface area contributed by atoms with E-state index in [1.165, 1.54) is 6.92 Å². The molecule has 0 radical (unpaired) electrons. The summed E-state index contributed by atoms with van der Waals surface area (Å²) >= 11 is 0. The van der Waals surface area contributed by atoms with Crippen molar-refractivity contribution in [2.24, 2.45) is 0 Å². The van der Waals surface area contributed by atoms with E-state index in [1.807, 2.05) is 6.92 Å². The fourth-order valence-electron chi connectivity index (χ4n) is 2.97. The van der Waals surface area contributed by atoms with E-state index in [1.54, 1.807) is 0 Å². The van der Waals surface area contributed by atoms with Gasteiger partial charge in [0, 0.05) is 6.42 Å². The van der Waals surface area contributed by atoms with Gasteiger partial charge in [0.2, 0.25) is 0 Å². The van der Waals surface area contributed by atoms with Gasteiger partial charge < -0.3 is 0 Å². The van der Waals surface area contributed by atoms with E-state index in [0.29, 0.717) is 6.42 Å². The summed E-state index contributed by atoms with van der Waals surface area (Å²) in [4.78, 5) is 0. The summed E-state index contributed by atoms with van der Waals surface area (Å²) in [5.74, 6) is -4.56. The Balaban J connectivity index is 2.76. The molecule has 0 aromatic rings. The monoisotopic (exact) mass is 302 g/mol. The van der Waals surface area contributed by atoms with Crippen LogP contribution in [-0.4, -0.2) is 42.3 Å². The highest BCUT2D eigenvalue weighted by atomic mass is 19.3. The maximum absolute atomic E-state index is 14.1. The topological polar surface area (TPSA) is 0 Å². The van der Waals surface area contributed by atoms with Crippen molar-refractivity contribution in [2.75, 3.05) is 19.6 Å². The second kappa shape index (κ2) is 6.58. The van der Waals surface area contributed by atoms with Gasteiger partial charge in [-0.3, -0.25) is 4.48 Å². The number of halogens is 5. The van der Waals surface area contributed by atoms with E-state index < -0.39 is 29.0 Å². The van der Waals surface area contributed by atoms with Crippen molar-refractivity contribution in [1.82, 2.24) is 0 Å². The third-order valence-corrected chi connectivity index (χ3v) is 4.50. The van der Waals surface area contributed by atoms with Crippen molar-refractivity contribution in [3.8, 4) is 0 Å². The standard InChI is InChI=1S/C14H25F5N/c1-3-5-6-7-8-10-20(4-2)11-9-12(15)13(16,17)14(20,18)19/h12H,3-11H2,1-2H3/q+1. The fraction of sp³-hybridized carbons (Fsp3) is 1.00. The maximum Gasteiger partial charge on any atom is 0.458 e. The van der Waals surface area contributed by atoms with Crippen molar-refractivity contribution in [2.45, 2.75) is 70.5 Å². The number of unbranched alkanes of at least 4 members (excludes halogenated alkanes) is 4. The molecule has 0 aromatic carbocycles. The van der Waals surface area contributed by atoms with Crippen LogP contribution in [0.1, 0.15) is 52.4 Å². The predicted octanol–water partition coefficient (Wildman–Crippen LogP) is 4.76. The molecule has 20 heavy (non-hydrogen) atoms. The van der Waals surface area contributed by atoms with Gasteiger partial charge in [-0.15, -0.1) is 8.78 Å². The molecule has 2 unspecified atom stereocenters. The zero-order chi connectivity index (χ0) is 15.4. The first kappa shape index (κ1) is 17.7. The molecule has 0 saturated carbocycles. The van der Waals surface area contributed by atoms with Crippen molar-refractivity contribution >= 4 is 0 Å². The average Bonchev–Trinajstić information content (AvgIpc) is 2.40. The number of nitrogens with zero attached hydrogens (tertiary/aromatic N) is 1. The number of piperidine rings is 1. The summed E-state index contributed by atoms with van der Waals surface area (Å²) in [7, 11) is 0. The Morgan fingerprint density at radius 1 is 1.00 bits per heavy atom. The zero-order valence-corrected chi connectivity index (χ0v) is 12.3. The van der Waals surface area contributed by atoms with Crippen LogP contribution in [0.5, 0.6) is 0 Å². The summed E-state index contributed by atoms with van der Waals surface area (Å²) in [6, 6.07) is -4.32. The van der Waals surface area contributed by atoms with Gasteiger partial charge in [-0.25, -0.2) is 4.39 Å². The van der Waals surface area contributed by atoms with Crippen molar-refractivity contribution in [3.63, 3.8) is 0 Å². The van der Waals surface area contributed by atoms with Crippen molar-refractivity contribution in [1.29, 1.82) is 0 Å². The van der Waals surface area contributed by atoms with Crippen LogP contribution in [0.15, 0.2) is 0 Å². The molecule has 6 heteroatoms. The highest BCUT2D eigenvalue weighted by Crippen LogP contribution is 2.49. The molecule has 0 spiro atoms. The van der Waals surface area contributed by atoms with Crippen LogP contribution < -0.4 is 0 Å². The minimum absolute atomic E-state index is 0.00444. The summed E-state index contributed by atoms with van der Waals surface area (Å²) in [5, 5.41) is 0. The molecule has 1 saturated heterocycles. The Labute approximate surface area is 117 Å². The molecule has 1 nitrogen and oxygen atoms in total. The van der Waals surface area contributed by atoms with Gasteiger partial charge >= 0.3 is 12.0 Å². The minimum Gasteiger partial charge on any atom is -0.257 e. The smallest absolute Gasteiger partial charge is 0.257 e. The molecule has 1 aliphatic rings. The molecule has 1 rings (SSSR count). The van der Waals surface area contributed by atoms with Crippen LogP contribution in [0, 0.1) is 0 Å². The molecule has 0 N–H and O–H groups in total. The van der Waals surface area contributed by atoms with Crippen LogP contribution in [0.2, 0.25) is 0 Å². The molecule has 0 amide bonds. The van der Waals surface area contributed by atoms with Gasteiger partial charge in [-0.05, 0) is 19.8 Å². The number of quaternary nitrogens is 1. The minimum atomic E-state index is -4.56. The lowest BCUT2D eigenvalue weighted by atomic mass is 9.97. The fourth-order valence-corrected chi connectivity index (χ4v) is 2.97. The lowest BCUT2D eigenvalue weighted by molar-refractivity contribution is -1.02. The highest BCUT2D eigenvalue weighted by Gasteiger charge is 2.75. The van der Waals surface area contributed by atoms with Crippen LogP contribution >= 0.6 is 0 Å². The summed E-state index contributed by atoms with van der Waals surface area (Å²) in [5.41, 5.74) is 0. The first-order chi connectivity index (χ1) is 9.25. The molecule has 2 atom stereocenters. The third-order valence-electron chi connectivity index (χ3n) is 4.50. The molecule has 1 aliphatic heterocycles. The second-order valence-corrected chi connectivity index (χ2v) is 5.74. The van der Waals surface area contributed by atoms with Crippen molar-refractivity contribution in [3.05, 3.63) is 0 Å². The van der Waals surface area contributed by atoms with E-state index >= 15 is 0 Å². The third kappa shape index (κ3) is 2.95. The van der Waals surface area contributed by atoms with Crippen LogP contribution in [0.3, 0.4) is 0 Å². The molecule has 1 fully saturated rings. The SMILES string of the molecule is CCCCCCC[N+]1(CC)CCC(F)C(F)(F)C1(F)F. The summed E-state index contributed by atoms with van der Waals surface area (Å²) in [6.45, 7) is 3.21. The van der Waals surface area contributed by atoms with Gasteiger partial charge in [0.05, 0.1) is 19.6 Å². The van der Waals surface area contributed by atoms with Gasteiger partial charge in [0.1, 0.15) is 0 Å². The number of hydrogen-bond donors (Lipinski definition) is 0. The van der Waals surface area contributed by atoms with Gasteiger partial charge in [0.25, 0.3) is 0 Å². The van der Waals surface area contributed by atoms with E-state index in [0.717, 1.165) is 25.7 Å². The van der Waals surface area contributed by atoms with Crippen LogP contribution in [0.4, 0.5) is 22.0 Å². The van der Waals surface area contributed by atoms with Crippen LogP contribution in [-0.2, 0) is 0 Å². The maximum atomic E-state index is 14.1. The van der Waals surface area contributed by atoms with E-state index in [4.69, 9.17) is 0 Å². The number of hydrogen-bond acceptors (Lipinski definition) is 0. The van der Waals surface area contributed by atoms with Crippen LogP contribution in [0.25, 0.3) is 0 Å². The van der Waals surface area contributed by atoms with Gasteiger partial charge in [-0.2, -0.15) is 8.78 Å². The highest BCUT2D eigenvalue weighted by molar-refractivity contribution is 4.90. The Morgan fingerprint density at radius 2 is 1.60 bits per heavy atom. The van der Waals surface area contributed by atoms with Gasteiger partial charge in [-0.1, -0.05) is 26.2 Å². The van der Waals surface area contributed by atoms with Gasteiger partial charge in [0.15, 0.2) is 6.17 Å². The summed E-state index contributed by atoms with van der Waals surface area (Å²) in [6.07, 6.45) is 0.983. The number of alkyl halides is 5. The quantitative estimate of drug-likeness (QED) is 0.275. The van der Waals surface area contributed by atoms with E-state index in [2.05, 4.69) is 0 Å². The predicted molar refractivity (Wildman–Crippen MR) is 68.7 cm³/mol. The molecule has 0 bridgehead atoms.